The molecule has 0 aromatic heterocycles. The largest absolute Gasteiger partial charge is 3.00 e. The van der Waals surface area contributed by atoms with Crippen molar-refractivity contribution in [3.63, 3.8) is 0 Å². The van der Waals surface area contributed by atoms with Crippen molar-refractivity contribution in [2.24, 2.45) is 0 Å². The van der Waals surface area contributed by atoms with E-state index in [1.165, 1.54) is 0 Å². The molecule has 0 rings (SSSR count). The molecule has 0 heterocycles. The van der Waals surface area contributed by atoms with Gasteiger partial charge in [-0.15, -0.1) is 0 Å². The molecule has 0 saturated carbocycles. The smallest absolute Gasteiger partial charge is 0.759 e. The van der Waals surface area contributed by atoms with E-state index in [-0.39, 0.29) is 37.9 Å². The van der Waals surface area contributed by atoms with Crippen LogP contribution in [0.4, 0.5) is 0 Å². The van der Waals surface area contributed by atoms with Crippen LogP contribution in [-0.2, 0) is 44.7 Å². The summed E-state index contributed by atoms with van der Waals surface area (Å²) in [6.45, 7) is 0. The first-order valence-electron chi connectivity index (χ1n) is 2.02. The topological polar surface area (TPSA) is 238 Å². The second kappa shape index (κ2) is 11.8. The Morgan fingerprint density at radius 1 is 0.647 bits per heavy atom. The minimum Gasteiger partial charge on any atom is -0.759 e. The Morgan fingerprint density at radius 3 is 0.647 bits per heavy atom. The number of rotatable bonds is 0. The molecule has 0 spiro atoms. The zero-order valence-electron chi connectivity index (χ0n) is 7.32. The normalized spacial score (nSPS) is 10.2. The van der Waals surface area contributed by atoms with Gasteiger partial charge in [0, 0.05) is 20.8 Å². The monoisotopic (exact) mass is 446 g/mol. The van der Waals surface area contributed by atoms with Crippen molar-refractivity contribution in [1.29, 1.82) is 0 Å². The molecular weight excluding hydrogens is 442 g/mol. The van der Waals surface area contributed by atoms with Gasteiger partial charge in [-0.2, -0.15) is 0 Å². The van der Waals surface area contributed by atoms with Crippen LogP contribution in [0.25, 0.3) is 0 Å². The predicted octanol–water partition coefficient (Wildman–Crippen LogP) is -5.13. The van der Waals surface area contributed by atoms with Gasteiger partial charge in [0.2, 0.25) is 10.4 Å². The molecule has 0 aromatic rings. The van der Waals surface area contributed by atoms with Crippen molar-refractivity contribution in [1.82, 2.24) is 0 Å². The van der Waals surface area contributed by atoms with Crippen molar-refractivity contribution in [3.05, 3.63) is 0 Å². The molecule has 0 fully saturated rings. The Kier molecular flexibility index (Phi) is 21.4. The Morgan fingerprint density at radius 2 is 0.647 bits per heavy atom. The van der Waals surface area contributed by atoms with E-state index in [9.17, 15) is 0 Å². The first-order chi connectivity index (χ1) is 6.00. The van der Waals surface area contributed by atoms with Crippen molar-refractivity contribution in [2.45, 2.75) is 0 Å². The third-order valence-corrected chi connectivity index (χ3v) is 0. The van der Waals surface area contributed by atoms with Crippen molar-refractivity contribution in [3.8, 4) is 0 Å². The van der Waals surface area contributed by atoms with Crippen molar-refractivity contribution in [2.75, 3.05) is 0 Å². The van der Waals surface area contributed by atoms with Gasteiger partial charge in [0.1, 0.15) is 0 Å². The zero-order valence-corrected chi connectivity index (χ0v) is 13.7. The van der Waals surface area contributed by atoms with E-state index in [1.54, 1.807) is 0 Å². The summed E-state index contributed by atoms with van der Waals surface area (Å²) in [5.74, 6) is 0. The number of hydrogen-bond donors (Lipinski definition) is 1. The minimum absolute atomic E-state index is 0. The Balaban J connectivity index is -0.0000000400. The summed E-state index contributed by atoms with van der Waals surface area (Å²) >= 11 is 0. The molecule has 106 valence electrons. The average molecular weight is 447 g/mol. The van der Waals surface area contributed by atoms with E-state index >= 15 is 0 Å². The fourth-order valence-electron chi connectivity index (χ4n) is 0. The van der Waals surface area contributed by atoms with Crippen LogP contribution in [0, 0.1) is 0 Å². The van der Waals surface area contributed by atoms with Crippen LogP contribution in [0.2, 0.25) is 0 Å². The van der Waals surface area contributed by atoms with Crippen LogP contribution in [0.15, 0.2) is 0 Å². The van der Waals surface area contributed by atoms with Crippen LogP contribution in [0.5, 0.6) is 0 Å². The van der Waals surface area contributed by atoms with Gasteiger partial charge in [0.05, 0.1) is 0 Å². The molecule has 0 atom stereocenters. The Bertz CT molecular complexity index is 339. The van der Waals surface area contributed by atoms with Gasteiger partial charge in [0.25, 0.3) is 0 Å². The summed E-state index contributed by atoms with van der Waals surface area (Å²) in [6.07, 6.45) is 0. The summed E-state index contributed by atoms with van der Waals surface area (Å²) in [7, 11) is -15.2. The molecule has 0 unspecified atom stereocenters. The van der Waals surface area contributed by atoms with Crippen LogP contribution in [0.3, 0.4) is 0 Å². The first-order valence-corrected chi connectivity index (χ1v) is 6.05. The SMILES string of the molecule is O=S(=O)([O-])O.O=S(=O)([O-])[O-].O=S(=O)([O-])[O-].[SH4+2].[Sb+3]. The third kappa shape index (κ3) is 6050. The molecule has 17 heteroatoms. The molecule has 1 N–H and O–H groups in total. The Hall–Kier alpha value is 0.778. The summed E-state index contributed by atoms with van der Waals surface area (Å²) in [5, 5.41) is 0. The van der Waals surface area contributed by atoms with E-state index in [0.717, 1.165) is 0 Å². The quantitative estimate of drug-likeness (QED) is 0.208. The van der Waals surface area contributed by atoms with Gasteiger partial charge in [-0.1, -0.05) is 0 Å². The van der Waals surface area contributed by atoms with E-state index in [2.05, 4.69) is 0 Å². The van der Waals surface area contributed by atoms with E-state index in [0.29, 0.717) is 0 Å². The summed E-state index contributed by atoms with van der Waals surface area (Å²) < 4.78 is 101. The van der Waals surface area contributed by atoms with Gasteiger partial charge in [-0.3, -0.25) is 21.4 Å². The first kappa shape index (κ1) is 30.7. The zero-order chi connectivity index (χ0) is 13.5. The van der Waals surface area contributed by atoms with E-state index in [4.69, 9.17) is 52.6 Å². The van der Waals surface area contributed by atoms with Crippen molar-refractivity contribution >= 4 is 69.1 Å². The molecule has 0 saturated heterocycles. The van der Waals surface area contributed by atoms with Crippen LogP contribution in [-0.4, -0.2) is 77.0 Å². The fourth-order valence-corrected chi connectivity index (χ4v) is 0. The molecule has 0 aliphatic heterocycles. The van der Waals surface area contributed by atoms with Crippen LogP contribution in [0.1, 0.15) is 0 Å². The Labute approximate surface area is 121 Å². The second-order valence-corrected chi connectivity index (χ2v) is 3.73. The van der Waals surface area contributed by atoms with Crippen LogP contribution < -0.4 is 0 Å². The van der Waals surface area contributed by atoms with Gasteiger partial charge >= 0.3 is 24.4 Å². The molecule has 12 nitrogen and oxygen atoms in total. The van der Waals surface area contributed by atoms with Crippen LogP contribution >= 0.6 is 0 Å². The fraction of sp³-hybridized carbons (Fsp3) is 0. The maximum absolute atomic E-state index is 8.63. The van der Waals surface area contributed by atoms with Gasteiger partial charge in [-0.25, -0.2) is 21.9 Å². The maximum Gasteiger partial charge on any atom is 3.00 e. The molecule has 0 amide bonds. The predicted molar refractivity (Wildman–Crippen MR) is 52.0 cm³/mol. The average Bonchev–Trinajstić information content (AvgIpc) is 1.41. The summed E-state index contributed by atoms with van der Waals surface area (Å²) in [6, 6.07) is 0. The molecular formula is H5O12S4Sb. The third-order valence-electron chi connectivity index (χ3n) is 0. The minimum atomic E-state index is -5.17. The van der Waals surface area contributed by atoms with Crippen molar-refractivity contribution < 1.29 is 52.6 Å². The standard InChI is InChI=1S/3H2O4S.H4S.Sb/c3*1-5(2,3)4;;/h3*(H2,1,2,3,4);1H4;/q;;;+2;+3/p-5. The van der Waals surface area contributed by atoms with E-state index in [1.807, 2.05) is 0 Å². The molecule has 17 heavy (non-hydrogen) atoms. The second-order valence-electron chi connectivity index (χ2n) is 1.24. The van der Waals surface area contributed by atoms with Gasteiger partial charge in [0.15, 0.2) is 0 Å². The molecule has 0 aliphatic rings. The molecule has 0 aliphatic carbocycles. The number of hydrogen-bond acceptors (Lipinski definition) is 11. The molecule has 2 radical (unpaired) electrons. The van der Waals surface area contributed by atoms with Gasteiger partial charge in [-0.05, 0) is 0 Å². The summed E-state index contributed by atoms with van der Waals surface area (Å²) in [4.78, 5) is 0. The molecule has 0 bridgehead atoms. The van der Waals surface area contributed by atoms with E-state index < -0.39 is 31.2 Å². The van der Waals surface area contributed by atoms with Gasteiger partial charge < -0.3 is 22.8 Å². The molecule has 0 aromatic carbocycles. The maximum atomic E-state index is 8.63. The summed E-state index contributed by atoms with van der Waals surface area (Å²) in [5.41, 5.74) is 0.